The fourth-order valence-electron chi connectivity index (χ4n) is 3.40. The normalized spacial score (nSPS) is 13.7. The van der Waals surface area contributed by atoms with E-state index in [2.05, 4.69) is 35.7 Å². The summed E-state index contributed by atoms with van der Waals surface area (Å²) in [6, 6.07) is 7.67. The van der Waals surface area contributed by atoms with Crippen molar-refractivity contribution in [3.63, 3.8) is 0 Å². The van der Waals surface area contributed by atoms with Crippen molar-refractivity contribution in [1.29, 1.82) is 0 Å². The number of carbonyl (C=O) groups is 1. The van der Waals surface area contributed by atoms with E-state index in [0.29, 0.717) is 12.1 Å². The monoisotopic (exact) mass is 511 g/mol. The zero-order chi connectivity index (χ0) is 19.8. The molecule has 158 valence electrons. The van der Waals surface area contributed by atoms with Gasteiger partial charge in [-0.3, -0.25) is 9.79 Å². The number of benzene rings is 1. The van der Waals surface area contributed by atoms with Crippen molar-refractivity contribution in [1.82, 2.24) is 30.7 Å². The van der Waals surface area contributed by atoms with Crippen LogP contribution in [0.4, 0.5) is 0 Å². The van der Waals surface area contributed by atoms with Gasteiger partial charge in [-0.2, -0.15) is 0 Å². The van der Waals surface area contributed by atoms with Gasteiger partial charge in [-0.25, -0.2) is 0 Å². The van der Waals surface area contributed by atoms with E-state index in [9.17, 15) is 4.79 Å². The van der Waals surface area contributed by atoms with E-state index in [1.807, 2.05) is 24.3 Å². The number of rotatable bonds is 6. The molecule has 3 N–H and O–H groups in total. The van der Waals surface area contributed by atoms with E-state index in [0.717, 1.165) is 49.1 Å². The summed E-state index contributed by atoms with van der Waals surface area (Å²) in [5, 5.41) is 18.0. The van der Waals surface area contributed by atoms with Gasteiger partial charge in [0, 0.05) is 39.2 Å². The zero-order valence-corrected chi connectivity index (χ0v) is 19.4. The summed E-state index contributed by atoms with van der Waals surface area (Å²) in [6.07, 6.45) is 5.43. The molecule has 1 aliphatic rings. The quantitative estimate of drug-likeness (QED) is 0.313. The minimum absolute atomic E-state index is 0. The Morgan fingerprint density at radius 1 is 1.21 bits per heavy atom. The molecule has 1 amide bonds. The predicted molar refractivity (Wildman–Crippen MR) is 125 cm³/mol. The lowest BCUT2D eigenvalue weighted by Crippen LogP contribution is -2.38. The van der Waals surface area contributed by atoms with Crippen LogP contribution >= 0.6 is 24.0 Å². The third-order valence-corrected chi connectivity index (χ3v) is 4.95. The van der Waals surface area contributed by atoms with Crippen LogP contribution in [0.3, 0.4) is 0 Å². The summed E-state index contributed by atoms with van der Waals surface area (Å²) >= 11 is 0. The highest BCUT2D eigenvalue weighted by atomic mass is 127. The van der Waals surface area contributed by atoms with Gasteiger partial charge in [0.2, 0.25) is 0 Å². The number of fused-ring (bicyclic) bond motifs is 1. The maximum atomic E-state index is 11.7. The standard InChI is InChI=1S/C20H29N7O.HI/c1-21-19(28)16-8-6-7-15(13-16)10-11-23-20(22-2)24-14-18-26-25-17-9-4-3-5-12-27(17)18;/h6-8,13H,3-5,9-12,14H2,1-2H3,(H,21,28)(H2,22,23,24);1H. The molecule has 1 aromatic carbocycles. The average Bonchev–Trinajstić information content (AvgIpc) is 2.96. The third-order valence-electron chi connectivity index (χ3n) is 4.95. The van der Waals surface area contributed by atoms with E-state index < -0.39 is 0 Å². The molecule has 9 heteroatoms. The highest BCUT2D eigenvalue weighted by Crippen LogP contribution is 2.14. The van der Waals surface area contributed by atoms with Gasteiger partial charge in [-0.1, -0.05) is 18.6 Å². The summed E-state index contributed by atoms with van der Waals surface area (Å²) in [5.41, 5.74) is 1.78. The number of aryl methyl sites for hydroxylation is 1. The van der Waals surface area contributed by atoms with Crippen LogP contribution < -0.4 is 16.0 Å². The third kappa shape index (κ3) is 6.41. The molecule has 0 fully saturated rings. The number of aliphatic imine (C=N–C) groups is 1. The van der Waals surface area contributed by atoms with Crippen LogP contribution in [0.5, 0.6) is 0 Å². The average molecular weight is 511 g/mol. The second-order valence-corrected chi connectivity index (χ2v) is 6.88. The Kier molecular flexibility index (Phi) is 9.36. The molecule has 0 spiro atoms. The number of nitrogens with one attached hydrogen (secondary N) is 3. The summed E-state index contributed by atoms with van der Waals surface area (Å²) < 4.78 is 2.23. The van der Waals surface area contributed by atoms with E-state index >= 15 is 0 Å². The number of guanidine groups is 1. The molecule has 1 aliphatic heterocycles. The number of nitrogens with zero attached hydrogens (tertiary/aromatic N) is 4. The van der Waals surface area contributed by atoms with Crippen LogP contribution in [0.2, 0.25) is 0 Å². The number of hydrogen-bond donors (Lipinski definition) is 3. The van der Waals surface area contributed by atoms with E-state index in [1.54, 1.807) is 14.1 Å². The Morgan fingerprint density at radius 3 is 2.86 bits per heavy atom. The summed E-state index contributed by atoms with van der Waals surface area (Å²) in [5.74, 6) is 2.71. The number of halogens is 1. The van der Waals surface area contributed by atoms with Crippen LogP contribution in [0, 0.1) is 0 Å². The van der Waals surface area contributed by atoms with Gasteiger partial charge in [-0.15, -0.1) is 34.2 Å². The lowest BCUT2D eigenvalue weighted by Gasteiger charge is -2.13. The smallest absolute Gasteiger partial charge is 0.251 e. The SMILES string of the molecule is CN=C(NCCc1cccc(C(=O)NC)c1)NCc1nnc2n1CCCCC2.I. The van der Waals surface area contributed by atoms with Crippen molar-refractivity contribution >= 4 is 35.8 Å². The molecular formula is C20H30IN7O. The van der Waals surface area contributed by atoms with Crippen molar-refractivity contribution in [2.24, 2.45) is 4.99 Å². The maximum absolute atomic E-state index is 11.7. The van der Waals surface area contributed by atoms with Gasteiger partial charge in [0.25, 0.3) is 5.91 Å². The molecule has 2 aromatic rings. The Labute approximate surface area is 189 Å². The maximum Gasteiger partial charge on any atom is 0.251 e. The minimum Gasteiger partial charge on any atom is -0.356 e. The molecule has 3 rings (SSSR count). The van der Waals surface area contributed by atoms with E-state index in [4.69, 9.17) is 0 Å². The van der Waals surface area contributed by atoms with Crippen molar-refractivity contribution < 1.29 is 4.79 Å². The molecule has 0 saturated heterocycles. The van der Waals surface area contributed by atoms with Gasteiger partial charge in [0.1, 0.15) is 5.82 Å². The number of carbonyl (C=O) groups excluding carboxylic acids is 1. The van der Waals surface area contributed by atoms with Crippen molar-refractivity contribution in [2.45, 2.75) is 45.2 Å². The Morgan fingerprint density at radius 2 is 2.07 bits per heavy atom. The second kappa shape index (κ2) is 11.7. The van der Waals surface area contributed by atoms with Gasteiger partial charge >= 0.3 is 0 Å². The molecule has 8 nitrogen and oxygen atoms in total. The highest BCUT2D eigenvalue weighted by Gasteiger charge is 2.14. The number of hydrogen-bond acceptors (Lipinski definition) is 4. The topological polar surface area (TPSA) is 96.2 Å². The van der Waals surface area contributed by atoms with Crippen molar-refractivity contribution in [2.75, 3.05) is 20.6 Å². The number of amides is 1. The first-order valence-electron chi connectivity index (χ1n) is 9.87. The van der Waals surface area contributed by atoms with E-state index in [-0.39, 0.29) is 29.9 Å². The van der Waals surface area contributed by atoms with Gasteiger partial charge < -0.3 is 20.5 Å². The summed E-state index contributed by atoms with van der Waals surface area (Å²) in [4.78, 5) is 16.0. The molecular weight excluding hydrogens is 481 g/mol. The zero-order valence-electron chi connectivity index (χ0n) is 17.1. The van der Waals surface area contributed by atoms with Crippen LogP contribution in [0.15, 0.2) is 29.3 Å². The largest absolute Gasteiger partial charge is 0.356 e. The predicted octanol–water partition coefficient (Wildman–Crippen LogP) is 1.89. The lowest BCUT2D eigenvalue weighted by atomic mass is 10.1. The van der Waals surface area contributed by atoms with E-state index in [1.165, 1.54) is 19.3 Å². The van der Waals surface area contributed by atoms with Crippen LogP contribution in [0.1, 0.15) is 46.8 Å². The molecule has 0 aliphatic carbocycles. The first-order chi connectivity index (χ1) is 13.7. The summed E-state index contributed by atoms with van der Waals surface area (Å²) in [6.45, 7) is 2.31. The molecule has 0 radical (unpaired) electrons. The van der Waals surface area contributed by atoms with Gasteiger partial charge in [0.15, 0.2) is 11.8 Å². The molecule has 0 saturated carbocycles. The van der Waals surface area contributed by atoms with Crippen molar-refractivity contribution in [3.8, 4) is 0 Å². The Bertz CT molecular complexity index is 834. The van der Waals surface area contributed by atoms with Crippen molar-refractivity contribution in [3.05, 3.63) is 47.0 Å². The molecule has 29 heavy (non-hydrogen) atoms. The number of aromatic nitrogens is 3. The fraction of sp³-hybridized carbons (Fsp3) is 0.500. The first-order valence-corrected chi connectivity index (χ1v) is 9.87. The van der Waals surface area contributed by atoms with Crippen LogP contribution in [0.25, 0.3) is 0 Å². The van der Waals surface area contributed by atoms with Gasteiger partial charge in [-0.05, 0) is 37.0 Å². The lowest BCUT2D eigenvalue weighted by molar-refractivity contribution is 0.0963. The van der Waals surface area contributed by atoms with Crippen LogP contribution in [-0.4, -0.2) is 47.3 Å². The molecule has 0 atom stereocenters. The molecule has 1 aromatic heterocycles. The second-order valence-electron chi connectivity index (χ2n) is 6.88. The molecule has 0 unspecified atom stereocenters. The molecule has 2 heterocycles. The van der Waals surface area contributed by atoms with Crippen LogP contribution in [-0.2, 0) is 25.9 Å². The Hall–Kier alpha value is -2.17. The van der Waals surface area contributed by atoms with Gasteiger partial charge in [0.05, 0.1) is 6.54 Å². The summed E-state index contributed by atoms with van der Waals surface area (Å²) in [7, 11) is 3.40. The first kappa shape index (κ1) is 23.1. The molecule has 0 bridgehead atoms. The fourth-order valence-corrected chi connectivity index (χ4v) is 3.40. The minimum atomic E-state index is -0.0697. The highest BCUT2D eigenvalue weighted by molar-refractivity contribution is 14.0. The Balaban J connectivity index is 0.00000300.